The van der Waals surface area contributed by atoms with Crippen LogP contribution in [0, 0.1) is 5.92 Å². The lowest BCUT2D eigenvalue weighted by atomic mass is 10.1. The Morgan fingerprint density at radius 2 is 1.92 bits per heavy atom. The van der Waals surface area contributed by atoms with Gasteiger partial charge in [0.1, 0.15) is 0 Å². The summed E-state index contributed by atoms with van der Waals surface area (Å²) < 4.78 is 23.1. The Bertz CT molecular complexity index is 617. The van der Waals surface area contributed by atoms with Gasteiger partial charge in [-0.2, -0.15) is 0 Å². The third-order valence-electron chi connectivity index (χ3n) is 4.90. The summed E-state index contributed by atoms with van der Waals surface area (Å²) in [6.07, 6.45) is 3.76. The number of guanidine groups is 1. The van der Waals surface area contributed by atoms with Crippen molar-refractivity contribution in [2.45, 2.75) is 44.7 Å². The van der Waals surface area contributed by atoms with Gasteiger partial charge in [-0.25, -0.2) is 13.2 Å². The van der Waals surface area contributed by atoms with E-state index in [1.54, 1.807) is 0 Å². The number of carbonyl (C=O) groups is 1. The average molecular weight is 372 g/mol. The molecule has 3 rings (SSSR count). The zero-order valence-corrected chi connectivity index (χ0v) is 15.6. The molecular weight excluding hydrogens is 342 g/mol. The number of hydrogen-bond acceptors (Lipinski definition) is 4. The quantitative estimate of drug-likeness (QED) is 0.463. The molecule has 3 N–H and O–H groups in total. The minimum atomic E-state index is -2.86. The van der Waals surface area contributed by atoms with Gasteiger partial charge >= 0.3 is 6.03 Å². The number of aliphatic imine (C=N–C) groups is 1. The predicted molar refractivity (Wildman–Crippen MR) is 97.4 cm³/mol. The number of rotatable bonds is 5. The Balaban J connectivity index is 1.50. The highest BCUT2D eigenvalue weighted by atomic mass is 32.2. The summed E-state index contributed by atoms with van der Waals surface area (Å²) in [5.74, 6) is 1.48. The Morgan fingerprint density at radius 3 is 2.56 bits per heavy atom. The van der Waals surface area contributed by atoms with E-state index < -0.39 is 9.84 Å². The van der Waals surface area contributed by atoms with Crippen molar-refractivity contribution in [3.63, 3.8) is 0 Å². The first-order valence-electron chi connectivity index (χ1n) is 9.26. The number of carbonyl (C=O) groups excluding carboxylic acids is 1. The van der Waals surface area contributed by atoms with Crippen molar-refractivity contribution >= 4 is 21.8 Å². The molecule has 0 aromatic carbocycles. The summed E-state index contributed by atoms with van der Waals surface area (Å²) >= 11 is 0. The molecule has 2 heterocycles. The van der Waals surface area contributed by atoms with E-state index >= 15 is 0 Å². The second-order valence-electron chi connectivity index (χ2n) is 7.29. The number of nitrogens with one attached hydrogen (secondary N) is 3. The second kappa shape index (κ2) is 7.80. The first-order chi connectivity index (χ1) is 11.9. The molecule has 2 unspecified atom stereocenters. The molecule has 1 aliphatic carbocycles. The van der Waals surface area contributed by atoms with Crippen LogP contribution in [0.3, 0.4) is 0 Å². The minimum Gasteiger partial charge on any atom is -0.357 e. The van der Waals surface area contributed by atoms with Gasteiger partial charge in [0, 0.05) is 38.3 Å². The van der Waals surface area contributed by atoms with Gasteiger partial charge in [0.05, 0.1) is 11.5 Å². The molecule has 1 saturated carbocycles. The monoisotopic (exact) mass is 371 g/mol. The van der Waals surface area contributed by atoms with E-state index in [0.717, 1.165) is 44.9 Å². The first kappa shape index (κ1) is 18.3. The van der Waals surface area contributed by atoms with E-state index in [1.807, 2.05) is 6.92 Å². The largest absolute Gasteiger partial charge is 0.357 e. The zero-order valence-electron chi connectivity index (χ0n) is 14.8. The van der Waals surface area contributed by atoms with E-state index in [2.05, 4.69) is 25.8 Å². The van der Waals surface area contributed by atoms with E-state index in [-0.39, 0.29) is 29.5 Å². The van der Waals surface area contributed by atoms with Gasteiger partial charge in [0.15, 0.2) is 15.8 Å². The van der Waals surface area contributed by atoms with Crippen molar-refractivity contribution in [3.8, 4) is 0 Å². The van der Waals surface area contributed by atoms with Gasteiger partial charge in [0.25, 0.3) is 0 Å². The molecule has 0 radical (unpaired) electrons. The van der Waals surface area contributed by atoms with E-state index in [0.29, 0.717) is 19.0 Å². The molecule has 0 aromatic rings. The van der Waals surface area contributed by atoms with Crippen LogP contribution < -0.4 is 16.0 Å². The van der Waals surface area contributed by atoms with Crippen molar-refractivity contribution in [2.24, 2.45) is 10.9 Å². The summed E-state index contributed by atoms with van der Waals surface area (Å²) in [6, 6.07) is 0.404. The van der Waals surface area contributed by atoms with Crippen LogP contribution in [0.1, 0.15) is 32.6 Å². The summed E-state index contributed by atoms with van der Waals surface area (Å²) in [4.78, 5) is 18.7. The van der Waals surface area contributed by atoms with Crippen LogP contribution in [0.15, 0.2) is 4.99 Å². The Labute approximate surface area is 149 Å². The maximum Gasteiger partial charge on any atom is 0.315 e. The smallest absolute Gasteiger partial charge is 0.315 e. The fraction of sp³-hybridized carbons (Fsp3) is 0.875. The van der Waals surface area contributed by atoms with E-state index in [4.69, 9.17) is 0 Å². The van der Waals surface area contributed by atoms with Crippen molar-refractivity contribution in [3.05, 3.63) is 0 Å². The molecule has 2 aliphatic heterocycles. The van der Waals surface area contributed by atoms with E-state index in [1.165, 1.54) is 0 Å². The maximum absolute atomic E-state index is 11.9. The van der Waals surface area contributed by atoms with Gasteiger partial charge < -0.3 is 20.9 Å². The van der Waals surface area contributed by atoms with Gasteiger partial charge in [0.2, 0.25) is 0 Å². The Morgan fingerprint density at radius 1 is 1.16 bits per heavy atom. The van der Waals surface area contributed by atoms with E-state index in [9.17, 15) is 13.2 Å². The minimum absolute atomic E-state index is 0.0764. The highest BCUT2D eigenvalue weighted by molar-refractivity contribution is 7.91. The summed E-state index contributed by atoms with van der Waals surface area (Å²) in [5.41, 5.74) is 0. The highest BCUT2D eigenvalue weighted by Crippen LogP contribution is 2.20. The van der Waals surface area contributed by atoms with Crippen LogP contribution in [-0.2, 0) is 9.84 Å². The molecule has 0 bridgehead atoms. The van der Waals surface area contributed by atoms with Crippen LogP contribution in [0.2, 0.25) is 0 Å². The molecule has 9 heteroatoms. The lowest BCUT2D eigenvalue weighted by Crippen LogP contribution is -2.46. The van der Waals surface area contributed by atoms with Gasteiger partial charge in [-0.1, -0.05) is 0 Å². The lowest BCUT2D eigenvalue weighted by molar-refractivity contribution is 0.237. The zero-order chi connectivity index (χ0) is 17.9. The Hall–Kier alpha value is -1.51. The van der Waals surface area contributed by atoms with Crippen molar-refractivity contribution in [1.82, 2.24) is 20.9 Å². The molecular formula is C16H29N5O3S. The number of sulfone groups is 1. The van der Waals surface area contributed by atoms with Gasteiger partial charge in [-0.3, -0.25) is 4.99 Å². The average Bonchev–Trinajstić information content (AvgIpc) is 3.11. The van der Waals surface area contributed by atoms with Crippen LogP contribution in [0.4, 0.5) is 4.79 Å². The normalized spacial score (nSPS) is 28.8. The molecule has 3 aliphatic rings. The number of amides is 2. The predicted octanol–water partition coefficient (Wildman–Crippen LogP) is -0.0775. The molecule has 2 atom stereocenters. The summed E-state index contributed by atoms with van der Waals surface area (Å²) in [5, 5.41) is 9.26. The molecule has 0 spiro atoms. The molecule has 2 amide bonds. The number of likely N-dealkylation sites (tertiary alicyclic amines) is 1. The molecule has 25 heavy (non-hydrogen) atoms. The standard InChI is InChI=1S/C16H29N5O3S/c1-2-17-15(18-9-12-6-8-25(23,24)11-12)21-7-5-14(10-21)20-16(22)19-13-3-4-13/h12-14H,2-11H2,1H3,(H,17,18)(H2,19,20,22). The van der Waals surface area contributed by atoms with Crippen LogP contribution in [0.5, 0.6) is 0 Å². The van der Waals surface area contributed by atoms with Crippen molar-refractivity contribution < 1.29 is 13.2 Å². The second-order valence-corrected chi connectivity index (χ2v) is 9.52. The first-order valence-corrected chi connectivity index (χ1v) is 11.1. The molecule has 8 nitrogen and oxygen atoms in total. The third-order valence-corrected chi connectivity index (χ3v) is 6.73. The van der Waals surface area contributed by atoms with Gasteiger partial charge in [-0.15, -0.1) is 0 Å². The van der Waals surface area contributed by atoms with Crippen molar-refractivity contribution in [1.29, 1.82) is 0 Å². The third kappa shape index (κ3) is 5.49. The fourth-order valence-corrected chi connectivity index (χ4v) is 5.22. The highest BCUT2D eigenvalue weighted by Gasteiger charge is 2.30. The number of urea groups is 1. The fourth-order valence-electron chi connectivity index (χ4n) is 3.37. The maximum atomic E-state index is 11.9. The summed E-state index contributed by atoms with van der Waals surface area (Å²) in [6.45, 7) is 4.89. The molecule has 142 valence electrons. The molecule has 0 aromatic heterocycles. The SMILES string of the molecule is CCNC(=NCC1CCS(=O)(=O)C1)N1CCC(NC(=O)NC2CC2)C1. The molecule has 3 fully saturated rings. The van der Waals surface area contributed by atoms with Crippen LogP contribution in [-0.4, -0.2) is 75.1 Å². The van der Waals surface area contributed by atoms with Gasteiger partial charge in [-0.05, 0) is 38.5 Å². The van der Waals surface area contributed by atoms with Crippen molar-refractivity contribution in [2.75, 3.05) is 37.7 Å². The topological polar surface area (TPSA) is 103 Å². The Kier molecular flexibility index (Phi) is 5.71. The lowest BCUT2D eigenvalue weighted by Gasteiger charge is -2.22. The van der Waals surface area contributed by atoms with Crippen LogP contribution >= 0.6 is 0 Å². The number of nitrogens with zero attached hydrogens (tertiary/aromatic N) is 2. The summed E-state index contributed by atoms with van der Waals surface area (Å²) in [7, 11) is -2.86. The molecule has 2 saturated heterocycles. The van der Waals surface area contributed by atoms with Crippen LogP contribution in [0.25, 0.3) is 0 Å². The number of hydrogen-bond donors (Lipinski definition) is 3.